The summed E-state index contributed by atoms with van der Waals surface area (Å²) in [5, 5.41) is 2.58. The van der Waals surface area contributed by atoms with E-state index in [0.717, 1.165) is 34.4 Å². The maximum Gasteiger partial charge on any atom is 0.250 e. The Kier molecular flexibility index (Phi) is 6.20. The van der Waals surface area contributed by atoms with Crippen molar-refractivity contribution in [1.82, 2.24) is 9.13 Å². The van der Waals surface area contributed by atoms with E-state index in [1.54, 1.807) is 0 Å². The van der Waals surface area contributed by atoms with Crippen LogP contribution < -0.4 is 42.3 Å². The van der Waals surface area contributed by atoms with Crippen LogP contribution in [0.3, 0.4) is 0 Å². The quantitative estimate of drug-likeness (QED) is 0.180. The summed E-state index contributed by atoms with van der Waals surface area (Å²) in [4.78, 5) is 0. The van der Waals surface area contributed by atoms with Gasteiger partial charge < -0.3 is 18.6 Å². The van der Waals surface area contributed by atoms with Crippen molar-refractivity contribution in [3.63, 3.8) is 0 Å². The van der Waals surface area contributed by atoms with E-state index in [1.807, 2.05) is 24.3 Å². The second-order valence-electron chi connectivity index (χ2n) is 14.4. The molecule has 10 aromatic rings. The minimum Gasteiger partial charge on any atom is -0.458 e. The molecule has 0 atom stereocenters. The molecule has 0 unspecified atom stereocenters. The Hall–Kier alpha value is -6.91. The third-order valence-corrected chi connectivity index (χ3v) is 11.6. The predicted molar refractivity (Wildman–Crippen MR) is 224 cm³/mol. The number of rotatable bonds is 4. The minimum absolute atomic E-state index is 0.103. The molecule has 2 aliphatic rings. The first-order valence-electron chi connectivity index (χ1n) is 18.6. The summed E-state index contributed by atoms with van der Waals surface area (Å²) < 4.78 is 17.5. The zero-order valence-corrected chi connectivity index (χ0v) is 29.2. The predicted octanol–water partition coefficient (Wildman–Crippen LogP) is 7.41. The van der Waals surface area contributed by atoms with E-state index >= 15 is 0 Å². The van der Waals surface area contributed by atoms with E-state index in [4.69, 9.17) is 9.47 Å². The SMILES string of the molecule is c1ccc2c(c1)Oc1ccccc1B2c1ccc(-n2c3cccc4c3c3c2cccc3n4-c2ccc(B3c4ccccc4Oc4ccccc43)cc2)cc1. The smallest absolute Gasteiger partial charge is 0.250 e. The highest BCUT2D eigenvalue weighted by molar-refractivity contribution is 6.97. The minimum atomic E-state index is 0.103. The van der Waals surface area contributed by atoms with Gasteiger partial charge in [0, 0.05) is 22.1 Å². The van der Waals surface area contributed by atoms with Crippen molar-refractivity contribution in [3.05, 3.63) is 182 Å². The van der Waals surface area contributed by atoms with Gasteiger partial charge in [-0.15, -0.1) is 0 Å². The standard InChI is InChI=1S/C48H30B2N2O2/c1-5-19-43-35(11-1)49(36-12-2-6-20-44(36)53-43)31-23-27-33(28-24-31)51-39-15-9-17-41-47(39)48-40(51)16-10-18-42(48)52(41)34-29-25-32(26-30-34)50-37-13-3-7-21-45(37)54-46-22-8-4-14-38(46)50/h1-30H. The van der Waals surface area contributed by atoms with Gasteiger partial charge in [0.15, 0.2) is 0 Å². The molecule has 2 aromatic heterocycles. The van der Waals surface area contributed by atoms with E-state index in [2.05, 4.69) is 167 Å². The first-order chi connectivity index (χ1) is 26.8. The van der Waals surface area contributed by atoms with Crippen molar-refractivity contribution in [2.24, 2.45) is 0 Å². The lowest BCUT2D eigenvalue weighted by Crippen LogP contribution is -2.54. The van der Waals surface area contributed by atoms with Gasteiger partial charge in [-0.2, -0.15) is 0 Å². The van der Waals surface area contributed by atoms with Crippen LogP contribution in [-0.2, 0) is 0 Å². The molecule has 12 rings (SSSR count). The molecule has 54 heavy (non-hydrogen) atoms. The summed E-state index contributed by atoms with van der Waals surface area (Å²) in [7, 11) is 0. The molecule has 4 nitrogen and oxygen atoms in total. The van der Waals surface area contributed by atoms with Crippen LogP contribution in [0.5, 0.6) is 23.0 Å². The maximum absolute atomic E-state index is 6.31. The van der Waals surface area contributed by atoms with Crippen molar-refractivity contribution < 1.29 is 9.47 Å². The Morgan fingerprint density at radius 1 is 0.296 bits per heavy atom. The van der Waals surface area contributed by atoms with Gasteiger partial charge >= 0.3 is 0 Å². The van der Waals surface area contributed by atoms with Gasteiger partial charge in [-0.3, -0.25) is 0 Å². The van der Waals surface area contributed by atoms with Crippen LogP contribution in [0.1, 0.15) is 0 Å². The average Bonchev–Trinajstić information content (AvgIpc) is 3.76. The Bertz CT molecular complexity index is 2710. The molecule has 0 radical (unpaired) electrons. The lowest BCUT2D eigenvalue weighted by Gasteiger charge is -2.26. The van der Waals surface area contributed by atoms with E-state index in [-0.39, 0.29) is 13.4 Å². The average molecular weight is 688 g/mol. The highest BCUT2D eigenvalue weighted by Gasteiger charge is 2.33. The molecule has 0 spiro atoms. The highest BCUT2D eigenvalue weighted by atomic mass is 16.5. The van der Waals surface area contributed by atoms with Crippen LogP contribution in [0, 0.1) is 0 Å². The highest BCUT2D eigenvalue weighted by Crippen LogP contribution is 2.42. The molecule has 8 aromatic carbocycles. The number of para-hydroxylation sites is 4. The van der Waals surface area contributed by atoms with Gasteiger partial charge in [-0.1, -0.05) is 120 Å². The number of nitrogens with zero attached hydrogens (tertiary/aromatic N) is 2. The number of hydrogen-bond donors (Lipinski definition) is 0. The van der Waals surface area contributed by atoms with Gasteiger partial charge in [-0.05, 0) is 94.6 Å². The maximum atomic E-state index is 6.31. The second kappa shape index (κ2) is 11.3. The fourth-order valence-corrected chi connectivity index (χ4v) is 9.30. The lowest BCUT2D eigenvalue weighted by molar-refractivity contribution is 0.487. The van der Waals surface area contributed by atoms with Crippen molar-refractivity contribution in [2.45, 2.75) is 0 Å². The van der Waals surface area contributed by atoms with Gasteiger partial charge in [0.25, 0.3) is 13.4 Å². The zero-order valence-electron chi connectivity index (χ0n) is 29.2. The molecule has 0 bridgehead atoms. The molecule has 0 aliphatic carbocycles. The summed E-state index contributed by atoms with van der Waals surface area (Å²) in [6.45, 7) is 0.206. The Morgan fingerprint density at radius 2 is 0.593 bits per heavy atom. The Labute approximate surface area is 312 Å². The van der Waals surface area contributed by atoms with E-state index in [9.17, 15) is 0 Å². The van der Waals surface area contributed by atoms with Crippen LogP contribution in [-0.4, -0.2) is 22.6 Å². The van der Waals surface area contributed by atoms with Crippen LogP contribution in [0.4, 0.5) is 0 Å². The van der Waals surface area contributed by atoms with Gasteiger partial charge in [-0.25, -0.2) is 0 Å². The molecule has 0 saturated carbocycles. The summed E-state index contributed by atoms with van der Waals surface area (Å²) in [6.07, 6.45) is 0. The summed E-state index contributed by atoms with van der Waals surface area (Å²) in [6, 6.07) is 65.3. The van der Waals surface area contributed by atoms with Crippen LogP contribution in [0.2, 0.25) is 0 Å². The summed E-state index contributed by atoms with van der Waals surface area (Å²) in [5.41, 5.74) is 14.4. The number of benzene rings is 8. The molecule has 2 aliphatic heterocycles. The van der Waals surface area contributed by atoms with E-state index in [1.165, 1.54) is 65.6 Å². The molecule has 0 fully saturated rings. The van der Waals surface area contributed by atoms with Gasteiger partial charge in [0.05, 0.1) is 22.1 Å². The number of hydrogen-bond acceptors (Lipinski definition) is 2. The topological polar surface area (TPSA) is 28.3 Å². The molecular formula is C48H30B2N2O2. The van der Waals surface area contributed by atoms with Crippen molar-refractivity contribution in [1.29, 1.82) is 0 Å². The van der Waals surface area contributed by atoms with Gasteiger partial charge in [0.2, 0.25) is 0 Å². The molecule has 0 amide bonds. The third-order valence-electron chi connectivity index (χ3n) is 11.6. The fraction of sp³-hybridized carbons (Fsp3) is 0. The fourth-order valence-electron chi connectivity index (χ4n) is 9.30. The van der Waals surface area contributed by atoms with Crippen molar-refractivity contribution in [2.75, 3.05) is 0 Å². The van der Waals surface area contributed by atoms with E-state index < -0.39 is 0 Å². The lowest BCUT2D eigenvalue weighted by atomic mass is 9.36. The van der Waals surface area contributed by atoms with Gasteiger partial charge in [0.1, 0.15) is 23.0 Å². The van der Waals surface area contributed by atoms with Crippen molar-refractivity contribution in [3.8, 4) is 34.4 Å². The Balaban J connectivity index is 0.959. The van der Waals surface area contributed by atoms with Crippen molar-refractivity contribution >= 4 is 79.0 Å². The molecular weight excluding hydrogens is 658 g/mol. The molecule has 0 saturated heterocycles. The summed E-state index contributed by atoms with van der Waals surface area (Å²) in [5.74, 6) is 3.70. The zero-order chi connectivity index (χ0) is 35.3. The first kappa shape index (κ1) is 29.6. The van der Waals surface area contributed by atoms with Crippen LogP contribution >= 0.6 is 0 Å². The number of ether oxygens (including phenoxy) is 2. The molecule has 4 heterocycles. The largest absolute Gasteiger partial charge is 0.458 e. The van der Waals surface area contributed by atoms with E-state index in [0.29, 0.717) is 0 Å². The normalized spacial score (nSPS) is 13.0. The molecule has 0 N–H and O–H groups in total. The van der Waals surface area contributed by atoms with Crippen LogP contribution in [0.15, 0.2) is 182 Å². The third kappa shape index (κ3) is 4.16. The van der Waals surface area contributed by atoms with Crippen LogP contribution in [0.25, 0.3) is 44.2 Å². The number of aromatic nitrogens is 2. The number of fused-ring (bicyclic) bond motifs is 4. The molecule has 6 heteroatoms. The monoisotopic (exact) mass is 688 g/mol. The Morgan fingerprint density at radius 3 is 0.907 bits per heavy atom. The molecule has 250 valence electrons. The first-order valence-corrected chi connectivity index (χ1v) is 18.6. The second-order valence-corrected chi connectivity index (χ2v) is 14.4. The summed E-state index contributed by atoms with van der Waals surface area (Å²) >= 11 is 0.